The van der Waals surface area contributed by atoms with Crippen molar-refractivity contribution in [1.29, 1.82) is 0 Å². The van der Waals surface area contributed by atoms with Crippen molar-refractivity contribution in [1.82, 2.24) is 30.0 Å². The molecule has 4 heterocycles. The molecule has 0 spiro atoms. The van der Waals surface area contributed by atoms with E-state index in [1.165, 1.54) is 0 Å². The number of rotatable bonds is 16. The topological polar surface area (TPSA) is 98.7 Å². The molecular formula is C49H56N6O3S2. The van der Waals surface area contributed by atoms with Gasteiger partial charge in [-0.3, -0.25) is 9.59 Å². The highest BCUT2D eigenvalue weighted by Crippen LogP contribution is 2.39. The lowest BCUT2D eigenvalue weighted by molar-refractivity contribution is -0.134. The summed E-state index contributed by atoms with van der Waals surface area (Å²) in [5.74, 6) is 0.0549. The van der Waals surface area contributed by atoms with Gasteiger partial charge in [-0.15, -0.1) is 22.7 Å². The van der Waals surface area contributed by atoms with Crippen LogP contribution in [0.2, 0.25) is 0 Å². The minimum Gasteiger partial charge on any atom is -0.336 e. The molecule has 0 unspecified atom stereocenters. The van der Waals surface area contributed by atoms with Gasteiger partial charge >= 0.3 is 6.03 Å². The number of benzene rings is 3. The van der Waals surface area contributed by atoms with Crippen LogP contribution >= 0.6 is 22.7 Å². The highest BCUT2D eigenvalue weighted by Gasteiger charge is 2.37. The van der Waals surface area contributed by atoms with Crippen molar-refractivity contribution >= 4 is 40.5 Å². The number of carbonyl (C=O) groups excluding carboxylic acids is 3. The molecule has 312 valence electrons. The van der Waals surface area contributed by atoms with Crippen LogP contribution in [-0.4, -0.2) is 68.7 Å². The molecule has 11 heteroatoms. The third kappa shape index (κ3) is 10.5. The standard InChI is InChI=1S/C49H56N6O3S2/c1-4-7-27-54(45(56)31-35(14-5-2)15-6-3)34-44-50-32-42(59-44)38-23-19-36(20-24-38)37-21-25-39(26-22-37)43-33-51-47(60-43)41-18-13-30-55(41)48(57)46(40-16-9-8-10-17-40)52-49(58)53-28-11-12-29-53/h5,8-10,14-17,19-26,32-33,41,46H,4,6-7,11-13,18,27-31,34H2,1-3H3,(H,52,58)/b14-5-,35-15+/t41-,46+/m0/s1. The van der Waals surface area contributed by atoms with E-state index in [0.717, 1.165) is 118 Å². The molecule has 2 aliphatic heterocycles. The Labute approximate surface area is 362 Å². The van der Waals surface area contributed by atoms with E-state index in [2.05, 4.69) is 73.8 Å². The van der Waals surface area contributed by atoms with Crippen molar-refractivity contribution in [2.24, 2.45) is 0 Å². The second kappa shape index (κ2) is 20.7. The Hall–Kier alpha value is -5.39. The fraction of sp³-hybridized carbons (Fsp3) is 0.367. The molecule has 0 bridgehead atoms. The summed E-state index contributed by atoms with van der Waals surface area (Å²) in [5, 5.41) is 4.93. The Morgan fingerprint density at radius 3 is 2.13 bits per heavy atom. The van der Waals surface area contributed by atoms with Crippen molar-refractivity contribution in [3.05, 3.63) is 131 Å². The number of nitrogens with one attached hydrogen (secondary N) is 1. The summed E-state index contributed by atoms with van der Waals surface area (Å²) in [6.45, 7) is 9.56. The van der Waals surface area contributed by atoms with Gasteiger partial charge in [-0.1, -0.05) is 117 Å². The summed E-state index contributed by atoms with van der Waals surface area (Å²) in [7, 11) is 0. The molecule has 2 aromatic heterocycles. The first-order chi connectivity index (χ1) is 29.3. The summed E-state index contributed by atoms with van der Waals surface area (Å²) in [4.78, 5) is 58.2. The highest BCUT2D eigenvalue weighted by molar-refractivity contribution is 7.15. The summed E-state index contributed by atoms with van der Waals surface area (Å²) in [6.07, 6.45) is 17.0. The molecule has 4 amide bonds. The number of hydrogen-bond donors (Lipinski definition) is 1. The summed E-state index contributed by atoms with van der Waals surface area (Å²) < 4.78 is 0. The molecule has 60 heavy (non-hydrogen) atoms. The van der Waals surface area contributed by atoms with Gasteiger partial charge in [0.15, 0.2) is 0 Å². The van der Waals surface area contributed by atoms with Crippen LogP contribution < -0.4 is 5.32 Å². The molecule has 2 saturated heterocycles. The van der Waals surface area contributed by atoms with Crippen molar-refractivity contribution in [3.8, 4) is 32.0 Å². The Balaban J connectivity index is 0.992. The molecule has 2 aliphatic rings. The van der Waals surface area contributed by atoms with Gasteiger partial charge in [0, 0.05) is 38.6 Å². The monoisotopic (exact) mass is 840 g/mol. The van der Waals surface area contributed by atoms with Crippen LogP contribution in [0.3, 0.4) is 0 Å². The SMILES string of the molecule is C/C=C\C(=C/CC)CC(=O)N(CCCC)Cc1ncc(-c2ccc(-c3ccc(-c4cnc([C@@H]5CCCN5C(=O)[C@H](NC(=O)N5CCCC5)c5ccccc5)s4)cc3)cc2)s1. The third-order valence-corrected chi connectivity index (χ3v) is 13.5. The summed E-state index contributed by atoms with van der Waals surface area (Å²) in [5.41, 5.74) is 6.28. The van der Waals surface area contributed by atoms with Crippen molar-refractivity contribution in [3.63, 3.8) is 0 Å². The van der Waals surface area contributed by atoms with Crippen molar-refractivity contribution in [2.45, 2.75) is 90.8 Å². The fourth-order valence-electron chi connectivity index (χ4n) is 8.03. The van der Waals surface area contributed by atoms with E-state index in [0.29, 0.717) is 19.5 Å². The maximum absolute atomic E-state index is 14.2. The largest absolute Gasteiger partial charge is 0.336 e. The van der Waals surface area contributed by atoms with Gasteiger partial charge in [0.05, 0.1) is 28.8 Å². The average molecular weight is 841 g/mol. The number of unbranched alkanes of at least 4 members (excludes halogenated alkanes) is 1. The molecule has 2 atom stereocenters. The van der Waals surface area contributed by atoms with Crippen LogP contribution in [0.15, 0.2) is 115 Å². The normalized spacial score (nSPS) is 16.1. The Morgan fingerprint density at radius 2 is 1.48 bits per heavy atom. The fourth-order valence-corrected chi connectivity index (χ4v) is 10.0. The van der Waals surface area contributed by atoms with Gasteiger partial charge in [0.2, 0.25) is 11.8 Å². The molecule has 2 fully saturated rings. The van der Waals surface area contributed by atoms with Gasteiger partial charge in [0.25, 0.3) is 0 Å². The number of aromatic nitrogens is 2. The van der Waals surface area contributed by atoms with E-state index < -0.39 is 6.04 Å². The predicted octanol–water partition coefficient (Wildman–Crippen LogP) is 11.2. The second-order valence-corrected chi connectivity index (χ2v) is 17.7. The number of urea groups is 1. The van der Waals surface area contributed by atoms with Crippen LogP contribution in [-0.2, 0) is 16.1 Å². The molecule has 1 N–H and O–H groups in total. The molecule has 0 radical (unpaired) electrons. The molecule has 9 nitrogen and oxygen atoms in total. The minimum absolute atomic E-state index is 0.0883. The van der Waals surface area contributed by atoms with Gasteiger partial charge < -0.3 is 20.0 Å². The van der Waals surface area contributed by atoms with Crippen LogP contribution in [0.1, 0.15) is 99.8 Å². The van der Waals surface area contributed by atoms with Crippen LogP contribution in [0.25, 0.3) is 32.0 Å². The van der Waals surface area contributed by atoms with Crippen LogP contribution in [0.5, 0.6) is 0 Å². The first kappa shape index (κ1) is 42.7. The zero-order valence-corrected chi connectivity index (χ0v) is 36.6. The summed E-state index contributed by atoms with van der Waals surface area (Å²) in [6, 6.07) is 25.7. The zero-order chi connectivity index (χ0) is 41.8. The maximum Gasteiger partial charge on any atom is 0.318 e. The van der Waals surface area contributed by atoms with Gasteiger partial charge in [-0.25, -0.2) is 14.8 Å². The molecule has 7 rings (SSSR count). The van der Waals surface area contributed by atoms with Crippen molar-refractivity contribution < 1.29 is 14.4 Å². The first-order valence-electron chi connectivity index (χ1n) is 21.5. The smallest absolute Gasteiger partial charge is 0.318 e. The Kier molecular flexibility index (Phi) is 14.8. The van der Waals surface area contributed by atoms with E-state index in [9.17, 15) is 14.4 Å². The van der Waals surface area contributed by atoms with E-state index >= 15 is 0 Å². The van der Waals surface area contributed by atoms with Gasteiger partial charge in [-0.05, 0) is 78.8 Å². The lowest BCUT2D eigenvalue weighted by atomic mass is 10.0. The minimum atomic E-state index is -0.751. The van der Waals surface area contributed by atoms with Gasteiger partial charge in [0.1, 0.15) is 16.1 Å². The van der Waals surface area contributed by atoms with Gasteiger partial charge in [-0.2, -0.15) is 0 Å². The molecular weight excluding hydrogens is 785 g/mol. The lowest BCUT2D eigenvalue weighted by Crippen LogP contribution is -2.46. The lowest BCUT2D eigenvalue weighted by Gasteiger charge is -2.29. The quantitative estimate of drug-likeness (QED) is 0.0998. The number of likely N-dealkylation sites (tertiary alicyclic amines) is 2. The number of nitrogens with zero attached hydrogens (tertiary/aromatic N) is 5. The highest BCUT2D eigenvalue weighted by atomic mass is 32.1. The second-order valence-electron chi connectivity index (χ2n) is 15.5. The number of carbonyl (C=O) groups is 3. The molecule has 5 aromatic rings. The first-order valence-corrected chi connectivity index (χ1v) is 23.1. The molecule has 0 saturated carbocycles. The average Bonchev–Trinajstić information content (AvgIpc) is 4.13. The zero-order valence-electron chi connectivity index (χ0n) is 35.0. The maximum atomic E-state index is 14.2. The Morgan fingerprint density at radius 1 is 0.833 bits per heavy atom. The van der Waals surface area contributed by atoms with E-state index in [4.69, 9.17) is 9.97 Å². The number of amides is 4. The van der Waals surface area contributed by atoms with Crippen molar-refractivity contribution in [2.75, 3.05) is 26.2 Å². The third-order valence-electron chi connectivity index (χ3n) is 11.3. The molecule has 3 aromatic carbocycles. The van der Waals surface area contributed by atoms with Crippen LogP contribution in [0, 0.1) is 0 Å². The summed E-state index contributed by atoms with van der Waals surface area (Å²) >= 11 is 3.28. The molecule has 0 aliphatic carbocycles. The number of hydrogen-bond acceptors (Lipinski definition) is 7. The predicted molar refractivity (Wildman–Crippen MR) is 244 cm³/mol. The van der Waals surface area contributed by atoms with E-state index in [1.54, 1.807) is 27.6 Å². The van der Waals surface area contributed by atoms with E-state index in [-0.39, 0.29) is 23.9 Å². The number of thiazole rings is 2. The number of allylic oxidation sites excluding steroid dienone is 3. The Bertz CT molecular complexity index is 2260. The van der Waals surface area contributed by atoms with Crippen LogP contribution in [0.4, 0.5) is 4.79 Å². The van der Waals surface area contributed by atoms with E-state index in [1.807, 2.05) is 71.6 Å².